The molecule has 1 saturated heterocycles. The SMILES string of the molecule is CCC(O)c1cc(F)c(-c2cc(C(N)=O)c(Nc3cccc(CN4CCCC4=O)n3)s2)c(F)c1. The summed E-state index contributed by atoms with van der Waals surface area (Å²) in [6.07, 6.45) is 0.690. The van der Waals surface area contributed by atoms with Gasteiger partial charge in [0.2, 0.25) is 5.91 Å². The van der Waals surface area contributed by atoms with Gasteiger partial charge in [-0.15, -0.1) is 11.3 Å². The van der Waals surface area contributed by atoms with Crippen LogP contribution in [0.2, 0.25) is 0 Å². The van der Waals surface area contributed by atoms with E-state index in [1.807, 2.05) is 0 Å². The second-order valence-electron chi connectivity index (χ2n) is 8.06. The Morgan fingerprint density at radius 1 is 1.29 bits per heavy atom. The van der Waals surface area contributed by atoms with E-state index >= 15 is 0 Å². The number of aliphatic hydroxyl groups excluding tert-OH is 1. The van der Waals surface area contributed by atoms with E-state index in [4.69, 9.17) is 5.73 Å². The number of nitrogens with two attached hydrogens (primary N) is 1. The van der Waals surface area contributed by atoms with Crippen LogP contribution in [0.4, 0.5) is 19.6 Å². The summed E-state index contributed by atoms with van der Waals surface area (Å²) < 4.78 is 29.6. The van der Waals surface area contributed by atoms with Gasteiger partial charge < -0.3 is 21.1 Å². The molecule has 0 radical (unpaired) electrons. The Hall–Kier alpha value is -3.37. The number of amides is 2. The Labute approximate surface area is 199 Å². The molecule has 4 rings (SSSR count). The first-order valence-electron chi connectivity index (χ1n) is 10.9. The topological polar surface area (TPSA) is 109 Å². The lowest BCUT2D eigenvalue weighted by Crippen LogP contribution is -2.24. The van der Waals surface area contributed by atoms with Crippen molar-refractivity contribution in [3.63, 3.8) is 0 Å². The zero-order valence-electron chi connectivity index (χ0n) is 18.5. The Morgan fingerprint density at radius 2 is 2.03 bits per heavy atom. The van der Waals surface area contributed by atoms with Gasteiger partial charge in [0.15, 0.2) is 0 Å². The molecule has 1 aromatic carbocycles. The Balaban J connectivity index is 1.64. The molecule has 0 bridgehead atoms. The Kier molecular flexibility index (Phi) is 6.90. The van der Waals surface area contributed by atoms with Crippen LogP contribution in [0.1, 0.15) is 53.9 Å². The number of hydrogen-bond donors (Lipinski definition) is 3. The first kappa shape index (κ1) is 23.8. The number of nitrogens with one attached hydrogen (secondary N) is 1. The van der Waals surface area contributed by atoms with Crippen LogP contribution in [-0.2, 0) is 11.3 Å². The summed E-state index contributed by atoms with van der Waals surface area (Å²) >= 11 is 0.964. The van der Waals surface area contributed by atoms with Crippen LogP contribution >= 0.6 is 11.3 Å². The molecule has 1 aliphatic rings. The molecule has 1 aliphatic heterocycles. The maximum absolute atomic E-state index is 14.8. The van der Waals surface area contributed by atoms with Crippen molar-refractivity contribution in [1.29, 1.82) is 0 Å². The number of carbonyl (C=O) groups excluding carboxylic acids is 2. The number of nitrogens with zero attached hydrogens (tertiary/aromatic N) is 2. The number of aliphatic hydroxyl groups is 1. The Bertz CT molecular complexity index is 1220. The highest BCUT2D eigenvalue weighted by molar-refractivity contribution is 7.20. The van der Waals surface area contributed by atoms with E-state index in [2.05, 4.69) is 10.3 Å². The van der Waals surface area contributed by atoms with Crippen LogP contribution in [0.3, 0.4) is 0 Å². The molecule has 178 valence electrons. The second kappa shape index (κ2) is 9.86. The summed E-state index contributed by atoms with van der Waals surface area (Å²) in [5.74, 6) is -1.96. The van der Waals surface area contributed by atoms with Gasteiger partial charge in [-0.3, -0.25) is 9.59 Å². The molecule has 7 nitrogen and oxygen atoms in total. The van der Waals surface area contributed by atoms with E-state index < -0.39 is 23.6 Å². The molecule has 0 aliphatic carbocycles. The highest BCUT2D eigenvalue weighted by atomic mass is 32.1. The molecule has 2 amide bonds. The van der Waals surface area contributed by atoms with Crippen molar-refractivity contribution in [2.45, 2.75) is 38.8 Å². The predicted molar refractivity (Wildman–Crippen MR) is 126 cm³/mol. The van der Waals surface area contributed by atoms with Crippen LogP contribution in [0, 0.1) is 11.6 Å². The average Bonchev–Trinajstić information content (AvgIpc) is 3.39. The fourth-order valence-corrected chi connectivity index (χ4v) is 4.99. The molecule has 1 atom stereocenters. The van der Waals surface area contributed by atoms with Crippen LogP contribution in [-0.4, -0.2) is 33.3 Å². The van der Waals surface area contributed by atoms with Crippen molar-refractivity contribution < 1.29 is 23.5 Å². The lowest BCUT2D eigenvalue weighted by molar-refractivity contribution is -0.128. The van der Waals surface area contributed by atoms with Gasteiger partial charge in [0.05, 0.1) is 29.5 Å². The summed E-state index contributed by atoms with van der Waals surface area (Å²) in [4.78, 5) is 30.3. The maximum Gasteiger partial charge on any atom is 0.251 e. The number of thiophene rings is 1. The summed E-state index contributed by atoms with van der Waals surface area (Å²) in [6, 6.07) is 8.76. The fourth-order valence-electron chi connectivity index (χ4n) is 3.87. The van der Waals surface area contributed by atoms with Crippen molar-refractivity contribution in [3.05, 3.63) is 64.9 Å². The van der Waals surface area contributed by atoms with E-state index in [0.717, 1.165) is 29.9 Å². The van der Waals surface area contributed by atoms with E-state index in [1.54, 1.807) is 30.0 Å². The predicted octanol–water partition coefficient (Wildman–Crippen LogP) is 4.50. The molecule has 0 saturated carbocycles. The number of likely N-dealkylation sites (tertiary alicyclic amines) is 1. The summed E-state index contributed by atoms with van der Waals surface area (Å²) in [5.41, 5.74) is 6.09. The number of aromatic nitrogens is 1. The molecular formula is C24H24F2N4O3S. The number of benzene rings is 1. The molecule has 1 fully saturated rings. The van der Waals surface area contributed by atoms with E-state index in [0.29, 0.717) is 42.4 Å². The van der Waals surface area contributed by atoms with Crippen molar-refractivity contribution in [2.24, 2.45) is 5.73 Å². The Morgan fingerprint density at radius 3 is 2.65 bits per heavy atom. The monoisotopic (exact) mass is 486 g/mol. The zero-order chi connectivity index (χ0) is 24.4. The molecule has 3 heterocycles. The number of rotatable bonds is 8. The maximum atomic E-state index is 14.8. The average molecular weight is 487 g/mol. The smallest absolute Gasteiger partial charge is 0.251 e. The number of carbonyl (C=O) groups is 2. The van der Waals surface area contributed by atoms with Gasteiger partial charge in [0, 0.05) is 17.8 Å². The molecule has 1 unspecified atom stereocenters. The fraction of sp³-hybridized carbons (Fsp3) is 0.292. The van der Waals surface area contributed by atoms with Crippen molar-refractivity contribution >= 4 is 34.0 Å². The molecule has 34 heavy (non-hydrogen) atoms. The van der Waals surface area contributed by atoms with E-state index in [1.165, 1.54) is 6.07 Å². The largest absolute Gasteiger partial charge is 0.388 e. The van der Waals surface area contributed by atoms with Crippen LogP contribution in [0.25, 0.3) is 10.4 Å². The summed E-state index contributed by atoms with van der Waals surface area (Å²) in [7, 11) is 0. The minimum atomic E-state index is -0.978. The highest BCUT2D eigenvalue weighted by Gasteiger charge is 2.23. The minimum absolute atomic E-state index is 0.0680. The van der Waals surface area contributed by atoms with Crippen LogP contribution in [0.15, 0.2) is 36.4 Å². The van der Waals surface area contributed by atoms with Gasteiger partial charge in [-0.1, -0.05) is 13.0 Å². The van der Waals surface area contributed by atoms with Gasteiger partial charge in [-0.2, -0.15) is 0 Å². The third-order valence-corrected chi connectivity index (χ3v) is 6.72. The molecule has 2 aromatic heterocycles. The van der Waals surface area contributed by atoms with Gasteiger partial charge in [0.1, 0.15) is 22.5 Å². The van der Waals surface area contributed by atoms with Gasteiger partial charge in [0.25, 0.3) is 5.91 Å². The van der Waals surface area contributed by atoms with Crippen molar-refractivity contribution in [1.82, 2.24) is 9.88 Å². The molecule has 4 N–H and O–H groups in total. The van der Waals surface area contributed by atoms with Crippen molar-refractivity contribution in [2.75, 3.05) is 11.9 Å². The minimum Gasteiger partial charge on any atom is -0.388 e. The van der Waals surface area contributed by atoms with Gasteiger partial charge in [-0.05, 0) is 48.7 Å². The highest BCUT2D eigenvalue weighted by Crippen LogP contribution is 2.40. The van der Waals surface area contributed by atoms with Crippen LogP contribution in [0.5, 0.6) is 0 Å². The molecular weight excluding hydrogens is 462 g/mol. The number of hydrogen-bond acceptors (Lipinski definition) is 6. The number of halogens is 2. The molecule has 10 heteroatoms. The van der Waals surface area contributed by atoms with E-state index in [-0.39, 0.29) is 27.5 Å². The van der Waals surface area contributed by atoms with Crippen LogP contribution < -0.4 is 11.1 Å². The third-order valence-electron chi connectivity index (χ3n) is 5.65. The molecule has 0 spiro atoms. The van der Waals surface area contributed by atoms with Crippen molar-refractivity contribution in [3.8, 4) is 10.4 Å². The zero-order valence-corrected chi connectivity index (χ0v) is 19.3. The lowest BCUT2D eigenvalue weighted by Gasteiger charge is -2.15. The first-order valence-corrected chi connectivity index (χ1v) is 11.7. The van der Waals surface area contributed by atoms with Gasteiger partial charge in [-0.25, -0.2) is 13.8 Å². The first-order chi connectivity index (χ1) is 16.3. The quantitative estimate of drug-likeness (QED) is 0.435. The standard InChI is InChI=1S/C24H24F2N4O3S/c1-2-18(31)13-9-16(25)22(17(26)10-13)19-11-15(23(27)33)24(34-19)29-20-6-3-5-14(28-20)12-30-8-4-7-21(30)32/h3,5-6,9-11,18,31H,2,4,7-8,12H2,1H3,(H2,27,33)(H,28,29). The summed E-state index contributed by atoms with van der Waals surface area (Å²) in [6.45, 7) is 2.76. The van der Waals surface area contributed by atoms with E-state index in [9.17, 15) is 23.5 Å². The number of primary amides is 1. The third kappa shape index (κ3) is 4.92. The lowest BCUT2D eigenvalue weighted by atomic mass is 10.0. The number of anilines is 2. The molecule has 3 aromatic rings. The number of pyridine rings is 1. The normalized spacial score (nSPS) is 14.5. The summed E-state index contributed by atoms with van der Waals surface area (Å²) in [5, 5.41) is 13.2. The second-order valence-corrected chi connectivity index (χ2v) is 9.11. The van der Waals surface area contributed by atoms with Gasteiger partial charge >= 0.3 is 0 Å².